The van der Waals surface area contributed by atoms with E-state index < -0.39 is 0 Å². The van der Waals surface area contributed by atoms with Gasteiger partial charge in [0.2, 0.25) is 0 Å². The lowest BCUT2D eigenvalue weighted by molar-refractivity contribution is 0.0722. The molecule has 1 aliphatic heterocycles. The number of ether oxygens (including phenoxy) is 1. The molecule has 1 aromatic heterocycles. The predicted octanol–water partition coefficient (Wildman–Crippen LogP) is 5.10. The molecule has 24 heavy (non-hydrogen) atoms. The number of hydrogen-bond donors (Lipinski definition) is 0. The smallest absolute Gasteiger partial charge is 0.263 e. The Morgan fingerprint density at radius 3 is 2.71 bits per heavy atom. The van der Waals surface area contributed by atoms with Crippen molar-refractivity contribution in [3.63, 3.8) is 0 Å². The summed E-state index contributed by atoms with van der Waals surface area (Å²) in [6, 6.07) is 10.5. The van der Waals surface area contributed by atoms with Crippen LogP contribution in [-0.2, 0) is 6.61 Å². The topological polar surface area (TPSA) is 29.5 Å². The lowest BCUT2D eigenvalue weighted by Gasteiger charge is -2.26. The van der Waals surface area contributed by atoms with Crippen molar-refractivity contribution in [1.29, 1.82) is 0 Å². The summed E-state index contributed by atoms with van der Waals surface area (Å²) in [5.74, 6) is 1.08. The molecule has 3 nitrogen and oxygen atoms in total. The van der Waals surface area contributed by atoms with E-state index in [0.29, 0.717) is 12.6 Å². The first-order valence-corrected chi connectivity index (χ1v) is 9.68. The summed E-state index contributed by atoms with van der Waals surface area (Å²) in [5.41, 5.74) is 2.25. The van der Waals surface area contributed by atoms with Crippen molar-refractivity contribution in [2.75, 3.05) is 7.05 Å². The molecule has 0 bridgehead atoms. The molecule has 1 aromatic carbocycles. The molecule has 126 valence electrons. The summed E-state index contributed by atoms with van der Waals surface area (Å²) < 4.78 is 5.82. The molecule has 4 rings (SSSR count). The number of carbonyl (C=O) groups is 1. The van der Waals surface area contributed by atoms with Gasteiger partial charge in [-0.25, -0.2) is 0 Å². The first-order chi connectivity index (χ1) is 11.7. The van der Waals surface area contributed by atoms with Gasteiger partial charge in [-0.1, -0.05) is 37.8 Å². The highest BCUT2D eigenvalue weighted by Crippen LogP contribution is 2.42. The highest BCUT2D eigenvalue weighted by atomic mass is 32.1. The summed E-state index contributed by atoms with van der Waals surface area (Å²) in [6.07, 6.45) is 7.37. The largest absolute Gasteiger partial charge is 0.488 e. The number of thiophene rings is 1. The monoisotopic (exact) mass is 341 g/mol. The Bertz CT molecular complexity index is 744. The van der Waals surface area contributed by atoms with E-state index in [0.717, 1.165) is 34.6 Å². The minimum Gasteiger partial charge on any atom is -0.488 e. The van der Waals surface area contributed by atoms with Crippen LogP contribution in [0.1, 0.15) is 53.8 Å². The third kappa shape index (κ3) is 2.84. The van der Waals surface area contributed by atoms with E-state index in [2.05, 4.69) is 6.07 Å². The Morgan fingerprint density at radius 2 is 1.92 bits per heavy atom. The first kappa shape index (κ1) is 15.7. The summed E-state index contributed by atoms with van der Waals surface area (Å²) >= 11 is 1.61. The quantitative estimate of drug-likeness (QED) is 0.711. The van der Waals surface area contributed by atoms with Gasteiger partial charge in [-0.15, -0.1) is 11.3 Å². The average molecular weight is 341 g/mol. The fraction of sp³-hybridized carbons (Fsp3) is 0.450. The van der Waals surface area contributed by atoms with Gasteiger partial charge >= 0.3 is 0 Å². The Labute approximate surface area is 147 Å². The van der Waals surface area contributed by atoms with Crippen molar-refractivity contribution in [1.82, 2.24) is 4.90 Å². The van der Waals surface area contributed by atoms with Crippen molar-refractivity contribution in [2.24, 2.45) is 0 Å². The zero-order valence-electron chi connectivity index (χ0n) is 14.1. The number of amides is 1. The molecule has 4 heteroatoms. The van der Waals surface area contributed by atoms with Crippen LogP contribution in [0.15, 0.2) is 30.3 Å². The van der Waals surface area contributed by atoms with Gasteiger partial charge in [0, 0.05) is 29.1 Å². The number of benzene rings is 1. The predicted molar refractivity (Wildman–Crippen MR) is 97.7 cm³/mol. The molecule has 0 unspecified atom stereocenters. The second-order valence-electron chi connectivity index (χ2n) is 6.81. The van der Waals surface area contributed by atoms with E-state index in [-0.39, 0.29) is 5.91 Å². The normalized spacial score (nSPS) is 17.4. The van der Waals surface area contributed by atoms with Gasteiger partial charge < -0.3 is 9.64 Å². The maximum Gasteiger partial charge on any atom is 0.263 e. The Morgan fingerprint density at radius 1 is 1.17 bits per heavy atom. The minimum atomic E-state index is 0.166. The lowest BCUT2D eigenvalue weighted by atomic mass is 10.1. The average Bonchev–Trinajstić information content (AvgIpc) is 2.88. The molecule has 1 amide bonds. The Balaban J connectivity index is 1.59. The van der Waals surface area contributed by atoms with Gasteiger partial charge in [-0.05, 0) is 31.0 Å². The van der Waals surface area contributed by atoms with E-state index in [1.54, 1.807) is 11.3 Å². The van der Waals surface area contributed by atoms with Gasteiger partial charge in [0.05, 0.1) is 4.88 Å². The van der Waals surface area contributed by atoms with Crippen molar-refractivity contribution in [3.8, 4) is 16.2 Å². The van der Waals surface area contributed by atoms with E-state index in [1.165, 1.54) is 30.6 Å². The van der Waals surface area contributed by atoms with Crippen LogP contribution in [0.25, 0.3) is 10.4 Å². The molecule has 1 aliphatic carbocycles. The van der Waals surface area contributed by atoms with E-state index in [4.69, 9.17) is 4.74 Å². The molecule has 0 spiro atoms. The van der Waals surface area contributed by atoms with Crippen molar-refractivity contribution in [2.45, 2.75) is 51.2 Å². The van der Waals surface area contributed by atoms with Crippen LogP contribution < -0.4 is 4.74 Å². The number of rotatable bonds is 2. The number of para-hydroxylation sites is 1. The SMILES string of the molecule is CN(C(=O)c1cc2c(s1)-c1ccccc1OC2)C1CCCCCC1. The number of nitrogens with zero attached hydrogens (tertiary/aromatic N) is 1. The summed E-state index contributed by atoms with van der Waals surface area (Å²) in [6.45, 7) is 0.559. The third-order valence-electron chi connectivity index (χ3n) is 5.23. The molecule has 0 N–H and O–H groups in total. The maximum absolute atomic E-state index is 13.0. The summed E-state index contributed by atoms with van der Waals surface area (Å²) in [7, 11) is 1.97. The molecule has 0 radical (unpaired) electrons. The van der Waals surface area contributed by atoms with Gasteiger partial charge in [-0.3, -0.25) is 4.79 Å². The minimum absolute atomic E-state index is 0.166. The highest BCUT2D eigenvalue weighted by molar-refractivity contribution is 7.17. The van der Waals surface area contributed by atoms with Crippen LogP contribution in [0.3, 0.4) is 0 Å². The van der Waals surface area contributed by atoms with Crippen molar-refractivity contribution in [3.05, 3.63) is 40.8 Å². The van der Waals surface area contributed by atoms with Gasteiger partial charge in [0.15, 0.2) is 0 Å². The van der Waals surface area contributed by atoms with Crippen molar-refractivity contribution >= 4 is 17.2 Å². The molecule has 2 aromatic rings. The molecule has 1 saturated carbocycles. The molecule has 1 fully saturated rings. The zero-order chi connectivity index (χ0) is 16.5. The fourth-order valence-electron chi connectivity index (χ4n) is 3.79. The molecule has 2 heterocycles. The molecular weight excluding hydrogens is 318 g/mol. The zero-order valence-corrected chi connectivity index (χ0v) is 14.9. The van der Waals surface area contributed by atoms with Crippen LogP contribution in [0, 0.1) is 0 Å². The Hall–Kier alpha value is -1.81. The number of fused-ring (bicyclic) bond motifs is 3. The second kappa shape index (κ2) is 6.60. The third-order valence-corrected chi connectivity index (χ3v) is 6.43. The van der Waals surface area contributed by atoms with E-state index in [9.17, 15) is 4.79 Å². The highest BCUT2D eigenvalue weighted by Gasteiger charge is 2.27. The lowest BCUT2D eigenvalue weighted by Crippen LogP contribution is -2.36. The Kier molecular flexibility index (Phi) is 4.31. The summed E-state index contributed by atoms with van der Waals surface area (Å²) in [4.78, 5) is 17.0. The standard InChI is InChI=1S/C20H23NO2S/c1-21(15-8-4-2-3-5-9-15)20(22)18-12-14-13-23-17-11-7-6-10-16(17)19(14)24-18/h6-7,10-12,15H,2-5,8-9,13H2,1H3. The number of carbonyl (C=O) groups excluding carboxylic acids is 1. The fourth-order valence-corrected chi connectivity index (χ4v) is 4.97. The van der Waals surface area contributed by atoms with Crippen LogP contribution in [0.5, 0.6) is 5.75 Å². The number of hydrogen-bond acceptors (Lipinski definition) is 3. The van der Waals surface area contributed by atoms with Gasteiger partial charge in [0.25, 0.3) is 5.91 Å². The molecule has 0 atom stereocenters. The van der Waals surface area contributed by atoms with Gasteiger partial charge in [-0.2, -0.15) is 0 Å². The van der Waals surface area contributed by atoms with Crippen LogP contribution in [0.4, 0.5) is 0 Å². The summed E-state index contributed by atoms with van der Waals surface area (Å²) in [5, 5.41) is 0. The van der Waals surface area contributed by atoms with Crippen molar-refractivity contribution < 1.29 is 9.53 Å². The van der Waals surface area contributed by atoms with Crippen LogP contribution >= 0.6 is 11.3 Å². The molecular formula is C20H23NO2S. The van der Waals surface area contributed by atoms with E-state index in [1.807, 2.05) is 36.2 Å². The second-order valence-corrected chi connectivity index (χ2v) is 7.86. The van der Waals surface area contributed by atoms with Crippen LogP contribution in [0.2, 0.25) is 0 Å². The van der Waals surface area contributed by atoms with Gasteiger partial charge in [0.1, 0.15) is 12.4 Å². The maximum atomic E-state index is 13.0. The van der Waals surface area contributed by atoms with Crippen LogP contribution in [-0.4, -0.2) is 23.9 Å². The van der Waals surface area contributed by atoms with E-state index >= 15 is 0 Å². The molecule has 2 aliphatic rings. The first-order valence-electron chi connectivity index (χ1n) is 8.86. The molecule has 0 saturated heterocycles.